The molecule has 0 spiro atoms. The summed E-state index contributed by atoms with van der Waals surface area (Å²) < 4.78 is 4.91. The van der Waals surface area contributed by atoms with Crippen LogP contribution in [0.1, 0.15) is 37.7 Å². The molecule has 1 aromatic rings. The summed E-state index contributed by atoms with van der Waals surface area (Å²) in [5.74, 6) is -0.390. The van der Waals surface area contributed by atoms with E-state index in [4.69, 9.17) is 16.3 Å². The summed E-state index contributed by atoms with van der Waals surface area (Å²) in [6.07, 6.45) is 4.21. The molecule has 0 unspecified atom stereocenters. The number of hydrogen-bond acceptors (Lipinski definition) is 3. The first-order chi connectivity index (χ1) is 10.1. The monoisotopic (exact) mass is 307 g/mol. The first-order valence-corrected chi connectivity index (χ1v) is 7.73. The minimum atomic E-state index is -0.534. The van der Waals surface area contributed by atoms with Crippen LogP contribution in [-0.2, 0) is 19.7 Å². The van der Waals surface area contributed by atoms with Gasteiger partial charge in [-0.2, -0.15) is 0 Å². The second kappa shape index (κ2) is 5.68. The van der Waals surface area contributed by atoms with Gasteiger partial charge in [0.15, 0.2) is 0 Å². The van der Waals surface area contributed by atoms with Crippen LogP contribution in [0, 0.1) is 0 Å². The highest BCUT2D eigenvalue weighted by atomic mass is 35.5. The van der Waals surface area contributed by atoms with Crippen LogP contribution in [0.4, 0.5) is 0 Å². The van der Waals surface area contributed by atoms with Gasteiger partial charge in [-0.1, -0.05) is 36.6 Å². The SMILES string of the molecule is O=C1OCC[C@H]1NC(=O)C1(c2ccc(Cl)cc2)CCCC1. The van der Waals surface area contributed by atoms with E-state index in [1.807, 2.05) is 24.3 Å². The normalized spacial score (nSPS) is 23.9. The van der Waals surface area contributed by atoms with Gasteiger partial charge in [0, 0.05) is 11.4 Å². The molecule has 1 N–H and O–H groups in total. The largest absolute Gasteiger partial charge is 0.464 e. The van der Waals surface area contributed by atoms with E-state index in [2.05, 4.69) is 5.32 Å². The van der Waals surface area contributed by atoms with Gasteiger partial charge < -0.3 is 10.1 Å². The van der Waals surface area contributed by atoms with Crippen molar-refractivity contribution in [3.8, 4) is 0 Å². The Morgan fingerprint density at radius 3 is 2.48 bits per heavy atom. The van der Waals surface area contributed by atoms with E-state index in [0.717, 1.165) is 31.2 Å². The molecule has 1 saturated heterocycles. The Labute approximate surface area is 128 Å². The van der Waals surface area contributed by atoms with Crippen LogP contribution < -0.4 is 5.32 Å². The average molecular weight is 308 g/mol. The van der Waals surface area contributed by atoms with E-state index in [1.54, 1.807) is 0 Å². The number of hydrogen-bond donors (Lipinski definition) is 1. The zero-order chi connectivity index (χ0) is 14.9. The van der Waals surface area contributed by atoms with Crippen molar-refractivity contribution in [1.29, 1.82) is 0 Å². The Hall–Kier alpha value is -1.55. The predicted molar refractivity (Wildman–Crippen MR) is 79.1 cm³/mol. The molecule has 1 atom stereocenters. The number of rotatable bonds is 3. The summed E-state index contributed by atoms with van der Waals surface area (Å²) in [5, 5.41) is 3.54. The lowest BCUT2D eigenvalue weighted by Gasteiger charge is -2.29. The van der Waals surface area contributed by atoms with Gasteiger partial charge in [0.1, 0.15) is 6.04 Å². The second-order valence-corrected chi connectivity index (χ2v) is 6.21. The van der Waals surface area contributed by atoms with Crippen molar-refractivity contribution in [3.63, 3.8) is 0 Å². The smallest absolute Gasteiger partial charge is 0.328 e. The number of halogens is 1. The van der Waals surface area contributed by atoms with Crippen LogP contribution in [0.5, 0.6) is 0 Å². The number of cyclic esters (lactones) is 1. The Kier molecular flexibility index (Phi) is 3.89. The van der Waals surface area contributed by atoms with Gasteiger partial charge in [-0.3, -0.25) is 4.79 Å². The zero-order valence-corrected chi connectivity index (χ0v) is 12.5. The molecule has 1 aromatic carbocycles. The quantitative estimate of drug-likeness (QED) is 0.873. The lowest BCUT2D eigenvalue weighted by atomic mass is 9.78. The van der Waals surface area contributed by atoms with Gasteiger partial charge in [-0.05, 0) is 30.5 Å². The van der Waals surface area contributed by atoms with Crippen molar-refractivity contribution in [1.82, 2.24) is 5.32 Å². The number of nitrogens with one attached hydrogen (secondary N) is 1. The van der Waals surface area contributed by atoms with Gasteiger partial charge in [-0.15, -0.1) is 0 Å². The fourth-order valence-electron chi connectivity index (χ4n) is 3.32. The maximum absolute atomic E-state index is 12.8. The molecule has 1 aliphatic heterocycles. The van der Waals surface area contributed by atoms with E-state index in [0.29, 0.717) is 18.1 Å². The summed E-state index contributed by atoms with van der Waals surface area (Å²) in [4.78, 5) is 24.4. The summed E-state index contributed by atoms with van der Waals surface area (Å²) in [6, 6.07) is 6.96. The van der Waals surface area contributed by atoms with Crippen molar-refractivity contribution in [2.75, 3.05) is 6.61 Å². The highest BCUT2D eigenvalue weighted by Crippen LogP contribution is 2.41. The maximum atomic E-state index is 12.8. The van der Waals surface area contributed by atoms with Crippen molar-refractivity contribution < 1.29 is 14.3 Å². The van der Waals surface area contributed by atoms with E-state index < -0.39 is 11.5 Å². The number of ether oxygens (including phenoxy) is 1. The van der Waals surface area contributed by atoms with Crippen LogP contribution in [0.3, 0.4) is 0 Å². The van der Waals surface area contributed by atoms with E-state index >= 15 is 0 Å². The third-order valence-corrected chi connectivity index (χ3v) is 4.78. The lowest BCUT2D eigenvalue weighted by molar-refractivity contribution is -0.142. The molecule has 21 heavy (non-hydrogen) atoms. The molecule has 3 rings (SSSR count). The van der Waals surface area contributed by atoms with Crippen LogP contribution in [-0.4, -0.2) is 24.5 Å². The lowest BCUT2D eigenvalue weighted by Crippen LogP contribution is -2.48. The van der Waals surface area contributed by atoms with Crippen LogP contribution in [0.15, 0.2) is 24.3 Å². The number of benzene rings is 1. The highest BCUT2D eigenvalue weighted by molar-refractivity contribution is 6.30. The fourth-order valence-corrected chi connectivity index (χ4v) is 3.44. The Balaban J connectivity index is 1.84. The molecule has 1 saturated carbocycles. The zero-order valence-electron chi connectivity index (χ0n) is 11.7. The molecule has 1 heterocycles. The summed E-state index contributed by atoms with van der Waals surface area (Å²) in [5.41, 5.74) is 0.446. The maximum Gasteiger partial charge on any atom is 0.328 e. The third-order valence-electron chi connectivity index (χ3n) is 4.53. The highest BCUT2D eigenvalue weighted by Gasteiger charge is 2.44. The minimum Gasteiger partial charge on any atom is -0.464 e. The predicted octanol–water partition coefficient (Wildman–Crippen LogP) is 2.58. The minimum absolute atomic E-state index is 0.0637. The summed E-state index contributed by atoms with van der Waals surface area (Å²) >= 11 is 5.94. The third kappa shape index (κ3) is 2.64. The molecule has 4 nitrogen and oxygen atoms in total. The summed E-state index contributed by atoms with van der Waals surface area (Å²) in [7, 11) is 0. The van der Waals surface area contributed by atoms with Gasteiger partial charge in [-0.25, -0.2) is 4.79 Å². The van der Waals surface area contributed by atoms with Crippen LogP contribution in [0.2, 0.25) is 5.02 Å². The van der Waals surface area contributed by atoms with E-state index in [-0.39, 0.29) is 11.9 Å². The first-order valence-electron chi connectivity index (χ1n) is 7.35. The van der Waals surface area contributed by atoms with Crippen LogP contribution >= 0.6 is 11.6 Å². The topological polar surface area (TPSA) is 55.4 Å². The fraction of sp³-hybridized carbons (Fsp3) is 0.500. The molecule has 0 aromatic heterocycles. The Bertz CT molecular complexity index is 549. The molecule has 0 bridgehead atoms. The molecule has 1 aliphatic carbocycles. The van der Waals surface area contributed by atoms with Gasteiger partial charge in [0.05, 0.1) is 12.0 Å². The van der Waals surface area contributed by atoms with Crippen molar-refractivity contribution >= 4 is 23.5 Å². The Morgan fingerprint density at radius 2 is 1.90 bits per heavy atom. The van der Waals surface area contributed by atoms with Gasteiger partial charge in [0.25, 0.3) is 0 Å². The van der Waals surface area contributed by atoms with Crippen molar-refractivity contribution in [3.05, 3.63) is 34.9 Å². The number of esters is 1. The van der Waals surface area contributed by atoms with Crippen molar-refractivity contribution in [2.45, 2.75) is 43.6 Å². The molecule has 0 radical (unpaired) electrons. The standard InChI is InChI=1S/C16H18ClNO3/c17-12-5-3-11(4-6-12)16(8-1-2-9-16)15(20)18-13-7-10-21-14(13)19/h3-6,13H,1-2,7-10H2,(H,18,20)/t13-/m1/s1. The number of carbonyl (C=O) groups is 2. The molecule has 2 fully saturated rings. The molecule has 5 heteroatoms. The van der Waals surface area contributed by atoms with E-state index in [1.165, 1.54) is 0 Å². The Morgan fingerprint density at radius 1 is 1.24 bits per heavy atom. The van der Waals surface area contributed by atoms with Gasteiger partial charge >= 0.3 is 5.97 Å². The molecular formula is C16H18ClNO3. The van der Waals surface area contributed by atoms with Gasteiger partial charge in [0.2, 0.25) is 5.91 Å². The first kappa shape index (κ1) is 14.4. The number of amides is 1. The van der Waals surface area contributed by atoms with Crippen molar-refractivity contribution in [2.24, 2.45) is 0 Å². The molecule has 112 valence electrons. The molecule has 2 aliphatic rings. The van der Waals surface area contributed by atoms with Crippen LogP contribution in [0.25, 0.3) is 0 Å². The second-order valence-electron chi connectivity index (χ2n) is 5.78. The molecule has 1 amide bonds. The number of carbonyl (C=O) groups excluding carboxylic acids is 2. The average Bonchev–Trinajstić information content (AvgIpc) is 3.10. The summed E-state index contributed by atoms with van der Waals surface area (Å²) in [6.45, 7) is 0.387. The van der Waals surface area contributed by atoms with E-state index in [9.17, 15) is 9.59 Å². The molecular weight excluding hydrogens is 290 g/mol.